The molecule has 92 valence electrons. The Bertz CT molecular complexity index is 506. The van der Waals surface area contributed by atoms with Gasteiger partial charge in [0.2, 0.25) is 0 Å². The first kappa shape index (κ1) is 12.3. The monoisotopic (exact) mass is 240 g/mol. The van der Waals surface area contributed by atoms with Crippen molar-refractivity contribution in [2.75, 3.05) is 6.54 Å². The molecule has 0 fully saturated rings. The topological polar surface area (TPSA) is 42.0 Å². The summed E-state index contributed by atoms with van der Waals surface area (Å²) in [6, 6.07) is 13.6. The molecule has 3 nitrogen and oxygen atoms in total. The van der Waals surface area contributed by atoms with Crippen molar-refractivity contribution in [2.45, 2.75) is 13.3 Å². The SMILES string of the molecule is Cc1ccc(CCNC(=O)c2ccccn2)cc1. The molecule has 0 unspecified atom stereocenters. The molecule has 1 amide bonds. The van der Waals surface area contributed by atoms with Gasteiger partial charge in [0.1, 0.15) is 5.69 Å². The van der Waals surface area contributed by atoms with Crippen LogP contribution in [-0.4, -0.2) is 17.4 Å². The number of rotatable bonds is 4. The molecule has 0 aliphatic heterocycles. The Morgan fingerprint density at radius 3 is 2.61 bits per heavy atom. The second-order valence-corrected chi connectivity index (χ2v) is 4.21. The zero-order chi connectivity index (χ0) is 12.8. The Labute approximate surface area is 107 Å². The van der Waals surface area contributed by atoms with E-state index in [1.54, 1.807) is 18.3 Å². The molecule has 0 bridgehead atoms. The second-order valence-electron chi connectivity index (χ2n) is 4.21. The molecule has 0 saturated heterocycles. The number of amides is 1. The third-order valence-corrected chi connectivity index (χ3v) is 2.72. The van der Waals surface area contributed by atoms with E-state index in [9.17, 15) is 4.79 Å². The van der Waals surface area contributed by atoms with Gasteiger partial charge < -0.3 is 5.32 Å². The number of aromatic nitrogens is 1. The molecular formula is C15H16N2O. The van der Waals surface area contributed by atoms with Crippen LogP contribution in [0.2, 0.25) is 0 Å². The lowest BCUT2D eigenvalue weighted by Gasteiger charge is -2.05. The van der Waals surface area contributed by atoms with Crippen molar-refractivity contribution < 1.29 is 4.79 Å². The summed E-state index contributed by atoms with van der Waals surface area (Å²) < 4.78 is 0. The van der Waals surface area contributed by atoms with Gasteiger partial charge in [0.05, 0.1) is 0 Å². The predicted octanol–water partition coefficient (Wildman–Crippen LogP) is 2.36. The van der Waals surface area contributed by atoms with Crippen LogP contribution < -0.4 is 5.32 Å². The molecular weight excluding hydrogens is 224 g/mol. The van der Waals surface area contributed by atoms with Crippen LogP contribution >= 0.6 is 0 Å². The van der Waals surface area contributed by atoms with Gasteiger partial charge in [-0.3, -0.25) is 9.78 Å². The van der Waals surface area contributed by atoms with Crippen LogP contribution in [0.5, 0.6) is 0 Å². The standard InChI is InChI=1S/C15H16N2O/c1-12-5-7-13(8-6-12)9-11-17-15(18)14-4-2-3-10-16-14/h2-8,10H,9,11H2,1H3,(H,17,18). The van der Waals surface area contributed by atoms with Crippen molar-refractivity contribution in [3.8, 4) is 0 Å². The molecule has 1 aromatic carbocycles. The molecule has 1 N–H and O–H groups in total. The number of nitrogens with one attached hydrogen (secondary N) is 1. The summed E-state index contributed by atoms with van der Waals surface area (Å²) in [6.45, 7) is 2.69. The van der Waals surface area contributed by atoms with Crippen LogP contribution in [0.1, 0.15) is 21.6 Å². The molecule has 0 spiro atoms. The van der Waals surface area contributed by atoms with Crippen molar-refractivity contribution in [1.29, 1.82) is 0 Å². The van der Waals surface area contributed by atoms with Crippen molar-refractivity contribution in [3.63, 3.8) is 0 Å². The number of hydrogen-bond acceptors (Lipinski definition) is 2. The molecule has 0 atom stereocenters. The third kappa shape index (κ3) is 3.42. The minimum Gasteiger partial charge on any atom is -0.350 e. The fraction of sp³-hybridized carbons (Fsp3) is 0.200. The Kier molecular flexibility index (Phi) is 4.07. The Morgan fingerprint density at radius 2 is 1.94 bits per heavy atom. The van der Waals surface area contributed by atoms with Crippen molar-refractivity contribution in [1.82, 2.24) is 10.3 Å². The molecule has 3 heteroatoms. The maximum atomic E-state index is 11.7. The molecule has 1 heterocycles. The maximum Gasteiger partial charge on any atom is 0.269 e. The van der Waals surface area contributed by atoms with E-state index in [0.717, 1.165) is 6.42 Å². The van der Waals surface area contributed by atoms with Crippen molar-refractivity contribution in [2.24, 2.45) is 0 Å². The first-order valence-corrected chi connectivity index (χ1v) is 6.00. The highest BCUT2D eigenvalue weighted by Crippen LogP contribution is 2.03. The summed E-state index contributed by atoms with van der Waals surface area (Å²) in [5.41, 5.74) is 2.93. The highest BCUT2D eigenvalue weighted by Gasteiger charge is 2.04. The Hall–Kier alpha value is -2.16. The first-order valence-electron chi connectivity index (χ1n) is 6.00. The minimum absolute atomic E-state index is 0.122. The molecule has 0 aliphatic carbocycles. The van der Waals surface area contributed by atoms with Gasteiger partial charge in [-0.05, 0) is 31.0 Å². The molecule has 0 radical (unpaired) electrons. The first-order chi connectivity index (χ1) is 8.75. The van der Waals surface area contributed by atoms with Crippen LogP contribution in [0.4, 0.5) is 0 Å². The van der Waals surface area contributed by atoms with Gasteiger partial charge in [0.15, 0.2) is 0 Å². The lowest BCUT2D eigenvalue weighted by atomic mass is 10.1. The normalized spacial score (nSPS) is 10.1. The van der Waals surface area contributed by atoms with Gasteiger partial charge in [-0.2, -0.15) is 0 Å². The molecule has 1 aromatic heterocycles. The highest BCUT2D eigenvalue weighted by atomic mass is 16.1. The van der Waals surface area contributed by atoms with Gasteiger partial charge in [-0.25, -0.2) is 0 Å². The van der Waals surface area contributed by atoms with Crippen LogP contribution in [0.3, 0.4) is 0 Å². The molecule has 18 heavy (non-hydrogen) atoms. The van der Waals surface area contributed by atoms with Gasteiger partial charge in [-0.15, -0.1) is 0 Å². The average Bonchev–Trinajstić information content (AvgIpc) is 2.42. The van der Waals surface area contributed by atoms with Crippen LogP contribution in [0.25, 0.3) is 0 Å². The highest BCUT2D eigenvalue weighted by molar-refractivity contribution is 5.92. The van der Waals surface area contributed by atoms with E-state index in [4.69, 9.17) is 0 Å². The van der Waals surface area contributed by atoms with E-state index in [1.807, 2.05) is 6.07 Å². The maximum absolute atomic E-state index is 11.7. The fourth-order valence-electron chi connectivity index (χ4n) is 1.66. The van der Waals surface area contributed by atoms with Crippen molar-refractivity contribution in [3.05, 3.63) is 65.5 Å². The van der Waals surface area contributed by atoms with E-state index in [2.05, 4.69) is 41.5 Å². The van der Waals surface area contributed by atoms with E-state index < -0.39 is 0 Å². The number of aryl methyl sites for hydroxylation is 1. The summed E-state index contributed by atoms with van der Waals surface area (Å²) in [6.07, 6.45) is 2.45. The van der Waals surface area contributed by atoms with Crippen LogP contribution in [0, 0.1) is 6.92 Å². The number of carbonyl (C=O) groups excluding carboxylic acids is 1. The molecule has 0 aliphatic rings. The van der Waals surface area contributed by atoms with E-state index >= 15 is 0 Å². The molecule has 2 rings (SSSR count). The zero-order valence-electron chi connectivity index (χ0n) is 10.4. The summed E-state index contributed by atoms with van der Waals surface area (Å²) in [5.74, 6) is -0.122. The quantitative estimate of drug-likeness (QED) is 0.891. The minimum atomic E-state index is -0.122. The summed E-state index contributed by atoms with van der Waals surface area (Å²) in [4.78, 5) is 15.7. The van der Waals surface area contributed by atoms with E-state index in [-0.39, 0.29) is 5.91 Å². The van der Waals surface area contributed by atoms with E-state index in [1.165, 1.54) is 11.1 Å². The number of carbonyl (C=O) groups is 1. The zero-order valence-corrected chi connectivity index (χ0v) is 10.4. The predicted molar refractivity (Wildman–Crippen MR) is 71.5 cm³/mol. The largest absolute Gasteiger partial charge is 0.350 e. The summed E-state index contributed by atoms with van der Waals surface area (Å²) in [5, 5.41) is 2.86. The lowest BCUT2D eigenvalue weighted by molar-refractivity contribution is 0.0949. The summed E-state index contributed by atoms with van der Waals surface area (Å²) >= 11 is 0. The number of nitrogens with zero attached hydrogens (tertiary/aromatic N) is 1. The number of benzene rings is 1. The van der Waals surface area contributed by atoms with E-state index in [0.29, 0.717) is 12.2 Å². The smallest absolute Gasteiger partial charge is 0.269 e. The van der Waals surface area contributed by atoms with Gasteiger partial charge in [0, 0.05) is 12.7 Å². The van der Waals surface area contributed by atoms with Gasteiger partial charge in [-0.1, -0.05) is 35.9 Å². The summed E-state index contributed by atoms with van der Waals surface area (Å²) in [7, 11) is 0. The number of hydrogen-bond donors (Lipinski definition) is 1. The fourth-order valence-corrected chi connectivity index (χ4v) is 1.66. The molecule has 2 aromatic rings. The van der Waals surface area contributed by atoms with Crippen LogP contribution in [0.15, 0.2) is 48.7 Å². The second kappa shape index (κ2) is 5.96. The lowest BCUT2D eigenvalue weighted by Crippen LogP contribution is -2.26. The average molecular weight is 240 g/mol. The van der Waals surface area contributed by atoms with Gasteiger partial charge >= 0.3 is 0 Å². The number of pyridine rings is 1. The van der Waals surface area contributed by atoms with Gasteiger partial charge in [0.25, 0.3) is 5.91 Å². The Balaban J connectivity index is 1.82. The van der Waals surface area contributed by atoms with Crippen molar-refractivity contribution >= 4 is 5.91 Å². The van der Waals surface area contributed by atoms with Crippen LogP contribution in [-0.2, 0) is 6.42 Å². The molecule has 0 saturated carbocycles. The Morgan fingerprint density at radius 1 is 1.17 bits per heavy atom. The third-order valence-electron chi connectivity index (χ3n) is 2.72.